The number of Topliss-reactive ketones (excluding diaryl/α,β-unsaturated/α-hetero) is 1. The summed E-state index contributed by atoms with van der Waals surface area (Å²) >= 11 is 0. The summed E-state index contributed by atoms with van der Waals surface area (Å²) in [5, 5.41) is 3.09. The standard InChI is InChI=1S/C12H23N3O2/c1-13-6-3-7-14(2)10-12(17)15-8-4-11(16)5-9-15/h13H,3-10H2,1-2H3. The molecule has 1 N–H and O–H groups in total. The number of likely N-dealkylation sites (N-methyl/N-ethyl adjacent to an activating group) is 1. The Morgan fingerprint density at radius 1 is 1.41 bits per heavy atom. The highest BCUT2D eigenvalue weighted by molar-refractivity contribution is 5.84. The molecule has 1 aliphatic rings. The summed E-state index contributed by atoms with van der Waals surface area (Å²) in [7, 11) is 3.89. The van der Waals surface area contributed by atoms with E-state index in [1.165, 1.54) is 0 Å². The Bertz CT molecular complexity index is 258. The number of hydrogen-bond acceptors (Lipinski definition) is 4. The van der Waals surface area contributed by atoms with Gasteiger partial charge in [-0.1, -0.05) is 0 Å². The molecule has 1 rings (SSSR count). The number of amides is 1. The summed E-state index contributed by atoms with van der Waals surface area (Å²) in [6.45, 7) is 3.54. The van der Waals surface area contributed by atoms with E-state index in [1.807, 2.05) is 19.0 Å². The minimum absolute atomic E-state index is 0.143. The van der Waals surface area contributed by atoms with Gasteiger partial charge in [0.15, 0.2) is 0 Å². The van der Waals surface area contributed by atoms with Gasteiger partial charge in [-0.2, -0.15) is 0 Å². The van der Waals surface area contributed by atoms with Crippen molar-refractivity contribution in [1.82, 2.24) is 15.1 Å². The Morgan fingerprint density at radius 3 is 2.65 bits per heavy atom. The molecular formula is C12H23N3O2. The first kappa shape index (κ1) is 14.1. The van der Waals surface area contributed by atoms with Crippen LogP contribution in [-0.2, 0) is 9.59 Å². The first-order valence-corrected chi connectivity index (χ1v) is 6.26. The molecule has 1 fully saturated rings. The fourth-order valence-electron chi connectivity index (χ4n) is 1.94. The van der Waals surface area contributed by atoms with Gasteiger partial charge in [0.2, 0.25) is 5.91 Å². The predicted molar refractivity (Wildman–Crippen MR) is 66.9 cm³/mol. The zero-order valence-corrected chi connectivity index (χ0v) is 10.9. The second kappa shape index (κ2) is 7.40. The van der Waals surface area contributed by atoms with Crippen LogP contribution in [0.3, 0.4) is 0 Å². The summed E-state index contributed by atoms with van der Waals surface area (Å²) < 4.78 is 0. The zero-order chi connectivity index (χ0) is 12.7. The lowest BCUT2D eigenvalue weighted by molar-refractivity contribution is -0.135. The maximum absolute atomic E-state index is 11.9. The van der Waals surface area contributed by atoms with Crippen molar-refractivity contribution in [3.8, 4) is 0 Å². The highest BCUT2D eigenvalue weighted by atomic mass is 16.2. The second-order valence-corrected chi connectivity index (χ2v) is 4.61. The quantitative estimate of drug-likeness (QED) is 0.650. The number of hydrogen-bond donors (Lipinski definition) is 1. The van der Waals surface area contributed by atoms with Crippen molar-refractivity contribution in [2.45, 2.75) is 19.3 Å². The van der Waals surface area contributed by atoms with Crippen molar-refractivity contribution in [2.75, 3.05) is 46.8 Å². The maximum Gasteiger partial charge on any atom is 0.236 e. The monoisotopic (exact) mass is 241 g/mol. The lowest BCUT2D eigenvalue weighted by Crippen LogP contribution is -2.43. The third kappa shape index (κ3) is 5.28. The molecule has 0 aromatic carbocycles. The van der Waals surface area contributed by atoms with Gasteiger partial charge < -0.3 is 10.2 Å². The Hall–Kier alpha value is -0.940. The number of piperidine rings is 1. The third-order valence-corrected chi connectivity index (χ3v) is 3.05. The Kier molecular flexibility index (Phi) is 6.15. The van der Waals surface area contributed by atoms with Crippen molar-refractivity contribution in [2.24, 2.45) is 0 Å². The first-order valence-electron chi connectivity index (χ1n) is 6.26. The largest absolute Gasteiger partial charge is 0.341 e. The van der Waals surface area contributed by atoms with E-state index >= 15 is 0 Å². The highest BCUT2D eigenvalue weighted by Crippen LogP contribution is 2.06. The zero-order valence-electron chi connectivity index (χ0n) is 10.9. The first-order chi connectivity index (χ1) is 8.13. The van der Waals surface area contributed by atoms with Gasteiger partial charge in [-0.15, -0.1) is 0 Å². The van der Waals surface area contributed by atoms with Gasteiger partial charge >= 0.3 is 0 Å². The van der Waals surface area contributed by atoms with Crippen LogP contribution < -0.4 is 5.32 Å². The normalized spacial score (nSPS) is 16.6. The van der Waals surface area contributed by atoms with Crippen LogP contribution in [0.25, 0.3) is 0 Å². The van der Waals surface area contributed by atoms with Crippen molar-refractivity contribution in [1.29, 1.82) is 0 Å². The summed E-state index contributed by atoms with van der Waals surface area (Å²) in [4.78, 5) is 26.8. The summed E-state index contributed by atoms with van der Waals surface area (Å²) in [6, 6.07) is 0. The molecule has 1 heterocycles. The molecule has 0 aliphatic carbocycles. The molecule has 17 heavy (non-hydrogen) atoms. The van der Waals surface area contributed by atoms with Crippen molar-refractivity contribution in [3.05, 3.63) is 0 Å². The molecule has 0 spiro atoms. The number of likely N-dealkylation sites (tertiary alicyclic amines) is 1. The molecule has 0 saturated carbocycles. The third-order valence-electron chi connectivity index (χ3n) is 3.05. The maximum atomic E-state index is 11.9. The van der Waals surface area contributed by atoms with Crippen LogP contribution in [-0.4, -0.2) is 68.3 Å². The molecule has 0 aromatic rings. The molecule has 1 saturated heterocycles. The molecule has 0 unspecified atom stereocenters. The van der Waals surface area contributed by atoms with Gasteiger partial charge in [-0.3, -0.25) is 14.5 Å². The van der Waals surface area contributed by atoms with Crippen LogP contribution in [0.15, 0.2) is 0 Å². The number of nitrogens with zero attached hydrogens (tertiary/aromatic N) is 2. The molecule has 0 aromatic heterocycles. The van der Waals surface area contributed by atoms with E-state index in [0.717, 1.165) is 19.5 Å². The average molecular weight is 241 g/mol. The van der Waals surface area contributed by atoms with Crippen molar-refractivity contribution < 1.29 is 9.59 Å². The minimum Gasteiger partial charge on any atom is -0.341 e. The van der Waals surface area contributed by atoms with E-state index in [-0.39, 0.29) is 11.7 Å². The summed E-state index contributed by atoms with van der Waals surface area (Å²) in [5.74, 6) is 0.417. The molecule has 1 aliphatic heterocycles. The van der Waals surface area contributed by atoms with E-state index < -0.39 is 0 Å². The SMILES string of the molecule is CNCCCN(C)CC(=O)N1CCC(=O)CC1. The number of rotatable bonds is 6. The molecule has 0 radical (unpaired) electrons. The molecular weight excluding hydrogens is 218 g/mol. The van der Waals surface area contributed by atoms with Crippen LogP contribution in [0, 0.1) is 0 Å². The average Bonchev–Trinajstić information content (AvgIpc) is 2.30. The van der Waals surface area contributed by atoms with Crippen LogP contribution >= 0.6 is 0 Å². The fourth-order valence-corrected chi connectivity index (χ4v) is 1.94. The van der Waals surface area contributed by atoms with Crippen LogP contribution in [0.4, 0.5) is 0 Å². The molecule has 5 heteroatoms. The van der Waals surface area contributed by atoms with Gasteiger partial charge in [0.05, 0.1) is 6.54 Å². The minimum atomic E-state index is 0.143. The van der Waals surface area contributed by atoms with E-state index in [2.05, 4.69) is 5.32 Å². The molecule has 98 valence electrons. The predicted octanol–water partition coefficient (Wildman–Crippen LogP) is -0.281. The van der Waals surface area contributed by atoms with Crippen molar-refractivity contribution >= 4 is 11.7 Å². The number of ketones is 1. The van der Waals surface area contributed by atoms with Crippen LogP contribution in [0.5, 0.6) is 0 Å². The van der Waals surface area contributed by atoms with E-state index in [0.29, 0.717) is 32.5 Å². The van der Waals surface area contributed by atoms with Gasteiger partial charge in [-0.05, 0) is 33.6 Å². The number of nitrogens with one attached hydrogen (secondary N) is 1. The number of carbonyl (C=O) groups excluding carboxylic acids is 2. The molecule has 5 nitrogen and oxygen atoms in total. The second-order valence-electron chi connectivity index (χ2n) is 4.61. The lowest BCUT2D eigenvalue weighted by Gasteiger charge is -2.28. The lowest BCUT2D eigenvalue weighted by atomic mass is 10.1. The molecule has 1 amide bonds. The fraction of sp³-hybridized carbons (Fsp3) is 0.833. The number of carbonyl (C=O) groups is 2. The smallest absolute Gasteiger partial charge is 0.236 e. The summed E-state index contributed by atoms with van der Waals surface area (Å²) in [5.41, 5.74) is 0. The van der Waals surface area contributed by atoms with Crippen LogP contribution in [0.2, 0.25) is 0 Å². The van der Waals surface area contributed by atoms with Crippen molar-refractivity contribution in [3.63, 3.8) is 0 Å². The van der Waals surface area contributed by atoms with E-state index in [9.17, 15) is 9.59 Å². The van der Waals surface area contributed by atoms with E-state index in [1.54, 1.807) is 4.90 Å². The van der Waals surface area contributed by atoms with Gasteiger partial charge in [-0.25, -0.2) is 0 Å². The Labute approximate surface area is 103 Å². The molecule has 0 bridgehead atoms. The summed E-state index contributed by atoms with van der Waals surface area (Å²) in [6.07, 6.45) is 2.09. The topological polar surface area (TPSA) is 52.7 Å². The van der Waals surface area contributed by atoms with Gasteiger partial charge in [0, 0.05) is 25.9 Å². The van der Waals surface area contributed by atoms with E-state index in [4.69, 9.17) is 0 Å². The Morgan fingerprint density at radius 2 is 2.06 bits per heavy atom. The van der Waals surface area contributed by atoms with Gasteiger partial charge in [0.1, 0.15) is 5.78 Å². The van der Waals surface area contributed by atoms with Crippen LogP contribution in [0.1, 0.15) is 19.3 Å². The van der Waals surface area contributed by atoms with Gasteiger partial charge in [0.25, 0.3) is 0 Å². The molecule has 0 atom stereocenters. The highest BCUT2D eigenvalue weighted by Gasteiger charge is 2.21. The Balaban J connectivity index is 2.21.